The van der Waals surface area contributed by atoms with Crippen molar-refractivity contribution in [3.05, 3.63) is 95.3 Å². The fourth-order valence-corrected chi connectivity index (χ4v) is 5.60. The zero-order valence-electron chi connectivity index (χ0n) is 17.4. The summed E-state index contributed by atoms with van der Waals surface area (Å²) in [4.78, 5) is 26.9. The highest BCUT2D eigenvalue weighted by atomic mass is 35.5. The Morgan fingerprint density at radius 2 is 1.67 bits per heavy atom. The maximum atomic E-state index is 13.5. The van der Waals surface area contributed by atoms with Gasteiger partial charge in [0.1, 0.15) is 11.9 Å². The van der Waals surface area contributed by atoms with E-state index in [1.165, 1.54) is 0 Å². The standard InChI is InChI=1S/C24H20ClFN2O4S/c25-18-6-4-5-17(15-18)13-14-27(33(31,32)21-11-9-19(26)10-12-21)22-16-23(29)28(24(22)30)20-7-2-1-3-8-20/h1-12,15,22H,13-14,16H2. The maximum absolute atomic E-state index is 13.5. The fraction of sp³-hybridized carbons (Fsp3) is 0.167. The number of halogens is 2. The van der Waals surface area contributed by atoms with Crippen LogP contribution in [0.3, 0.4) is 0 Å². The molecular weight excluding hydrogens is 467 g/mol. The lowest BCUT2D eigenvalue weighted by Crippen LogP contribution is -2.46. The van der Waals surface area contributed by atoms with Crippen LogP contribution in [0.2, 0.25) is 5.02 Å². The minimum absolute atomic E-state index is 0.0631. The number of hydrogen-bond acceptors (Lipinski definition) is 4. The number of rotatable bonds is 7. The van der Waals surface area contributed by atoms with Crippen LogP contribution in [0.5, 0.6) is 0 Å². The third kappa shape index (κ3) is 4.83. The smallest absolute Gasteiger partial charge is 0.252 e. The van der Waals surface area contributed by atoms with Crippen molar-refractivity contribution in [2.75, 3.05) is 11.4 Å². The Labute approximate surface area is 196 Å². The molecule has 170 valence electrons. The zero-order valence-corrected chi connectivity index (χ0v) is 19.0. The van der Waals surface area contributed by atoms with Gasteiger partial charge < -0.3 is 0 Å². The van der Waals surface area contributed by atoms with Gasteiger partial charge in [-0.15, -0.1) is 0 Å². The van der Waals surface area contributed by atoms with Gasteiger partial charge in [-0.2, -0.15) is 4.31 Å². The molecule has 3 aromatic carbocycles. The molecule has 0 spiro atoms. The SMILES string of the molecule is O=C1CC(N(CCc2cccc(Cl)c2)S(=O)(=O)c2ccc(F)cc2)C(=O)N1c1ccccc1. The molecule has 0 aromatic heterocycles. The molecule has 1 aliphatic rings. The van der Waals surface area contributed by atoms with E-state index in [0.717, 1.165) is 39.0 Å². The first-order valence-electron chi connectivity index (χ1n) is 10.2. The number of amides is 2. The summed E-state index contributed by atoms with van der Waals surface area (Å²) in [6, 6.07) is 18.5. The molecule has 9 heteroatoms. The van der Waals surface area contributed by atoms with Crippen molar-refractivity contribution in [1.29, 1.82) is 0 Å². The van der Waals surface area contributed by atoms with Gasteiger partial charge >= 0.3 is 0 Å². The van der Waals surface area contributed by atoms with Gasteiger partial charge in [0.15, 0.2) is 0 Å². The number of carbonyl (C=O) groups excluding carboxylic acids is 2. The average Bonchev–Trinajstić information content (AvgIpc) is 3.08. The number of hydrogen-bond donors (Lipinski definition) is 0. The van der Waals surface area contributed by atoms with Crippen molar-refractivity contribution in [1.82, 2.24) is 4.31 Å². The molecule has 3 aromatic rings. The molecule has 33 heavy (non-hydrogen) atoms. The first-order chi connectivity index (χ1) is 15.8. The second-order valence-corrected chi connectivity index (χ2v) is 9.90. The van der Waals surface area contributed by atoms with Gasteiger partial charge in [-0.25, -0.2) is 17.7 Å². The van der Waals surface area contributed by atoms with Crippen molar-refractivity contribution < 1.29 is 22.4 Å². The van der Waals surface area contributed by atoms with Gasteiger partial charge in [0.2, 0.25) is 15.9 Å². The summed E-state index contributed by atoms with van der Waals surface area (Å²) in [5, 5.41) is 0.503. The van der Waals surface area contributed by atoms with Crippen molar-refractivity contribution in [3.8, 4) is 0 Å². The van der Waals surface area contributed by atoms with Crippen LogP contribution in [0.1, 0.15) is 12.0 Å². The summed E-state index contributed by atoms with van der Waals surface area (Å²) in [6.45, 7) is -0.0631. The molecule has 1 atom stereocenters. The molecule has 1 heterocycles. The molecular formula is C24H20ClFN2O4S. The zero-order chi connectivity index (χ0) is 23.6. The molecule has 1 saturated heterocycles. The number of benzene rings is 3. The van der Waals surface area contributed by atoms with E-state index in [1.54, 1.807) is 54.6 Å². The number of para-hydroxylation sites is 1. The Morgan fingerprint density at radius 3 is 2.33 bits per heavy atom. The second-order valence-electron chi connectivity index (χ2n) is 7.57. The molecule has 1 aliphatic heterocycles. The molecule has 0 radical (unpaired) electrons. The van der Waals surface area contributed by atoms with E-state index in [0.29, 0.717) is 10.7 Å². The topological polar surface area (TPSA) is 74.8 Å². The summed E-state index contributed by atoms with van der Waals surface area (Å²) in [7, 11) is -4.21. The van der Waals surface area contributed by atoms with Gasteiger partial charge in [-0.05, 0) is 60.5 Å². The fourth-order valence-electron chi connectivity index (χ4n) is 3.81. The van der Waals surface area contributed by atoms with Crippen LogP contribution in [0.25, 0.3) is 0 Å². The lowest BCUT2D eigenvalue weighted by atomic mass is 10.1. The lowest BCUT2D eigenvalue weighted by molar-refractivity contribution is -0.122. The number of sulfonamides is 1. The number of nitrogens with zero attached hydrogens (tertiary/aromatic N) is 2. The Kier molecular flexibility index (Phi) is 6.60. The van der Waals surface area contributed by atoms with E-state index < -0.39 is 33.7 Å². The first-order valence-corrected chi connectivity index (χ1v) is 12.0. The van der Waals surface area contributed by atoms with Gasteiger partial charge in [0.05, 0.1) is 17.0 Å². The Balaban J connectivity index is 1.70. The summed E-state index contributed by atoms with van der Waals surface area (Å²) in [6.07, 6.45) is -0.0199. The Bertz CT molecular complexity index is 1280. The van der Waals surface area contributed by atoms with Gasteiger partial charge in [0, 0.05) is 11.6 Å². The van der Waals surface area contributed by atoms with Crippen molar-refractivity contribution in [3.63, 3.8) is 0 Å². The quantitative estimate of drug-likeness (QED) is 0.472. The summed E-state index contributed by atoms with van der Waals surface area (Å²) < 4.78 is 41.5. The molecule has 0 saturated carbocycles. The molecule has 1 fully saturated rings. The first kappa shape index (κ1) is 23.1. The van der Waals surface area contributed by atoms with Crippen LogP contribution in [0.15, 0.2) is 83.8 Å². The number of imide groups is 1. The lowest BCUT2D eigenvalue weighted by Gasteiger charge is -2.27. The third-order valence-electron chi connectivity index (χ3n) is 5.41. The predicted octanol–water partition coefficient (Wildman–Crippen LogP) is 4.04. The molecule has 0 N–H and O–H groups in total. The normalized spacial score (nSPS) is 16.6. The molecule has 0 aliphatic carbocycles. The largest absolute Gasteiger partial charge is 0.274 e. The van der Waals surface area contributed by atoms with E-state index in [2.05, 4.69) is 0 Å². The highest BCUT2D eigenvalue weighted by Crippen LogP contribution is 2.29. The van der Waals surface area contributed by atoms with Crippen LogP contribution in [0, 0.1) is 5.82 Å². The third-order valence-corrected chi connectivity index (χ3v) is 7.57. The minimum atomic E-state index is -4.21. The Morgan fingerprint density at radius 1 is 0.970 bits per heavy atom. The van der Waals surface area contributed by atoms with Crippen LogP contribution < -0.4 is 4.90 Å². The highest BCUT2D eigenvalue weighted by molar-refractivity contribution is 7.89. The summed E-state index contributed by atoms with van der Waals surface area (Å²) in [5.41, 5.74) is 1.16. The molecule has 6 nitrogen and oxygen atoms in total. The number of anilines is 1. The Hall–Kier alpha value is -3.07. The van der Waals surface area contributed by atoms with Crippen molar-refractivity contribution in [2.24, 2.45) is 0 Å². The van der Waals surface area contributed by atoms with Gasteiger partial charge in [-0.3, -0.25) is 9.59 Å². The van der Waals surface area contributed by atoms with Gasteiger partial charge in [0.25, 0.3) is 5.91 Å². The summed E-state index contributed by atoms with van der Waals surface area (Å²) in [5.74, 6) is -1.69. The highest BCUT2D eigenvalue weighted by Gasteiger charge is 2.46. The second kappa shape index (κ2) is 9.43. The van der Waals surface area contributed by atoms with Gasteiger partial charge in [-0.1, -0.05) is 41.9 Å². The summed E-state index contributed by atoms with van der Waals surface area (Å²) >= 11 is 6.04. The number of carbonyl (C=O) groups is 2. The molecule has 1 unspecified atom stereocenters. The van der Waals surface area contributed by atoms with E-state index in [9.17, 15) is 22.4 Å². The molecule has 0 bridgehead atoms. The minimum Gasteiger partial charge on any atom is -0.274 e. The van der Waals surface area contributed by atoms with E-state index in [4.69, 9.17) is 11.6 Å². The predicted molar refractivity (Wildman–Crippen MR) is 123 cm³/mol. The average molecular weight is 487 g/mol. The van der Waals surface area contributed by atoms with Crippen LogP contribution in [0.4, 0.5) is 10.1 Å². The van der Waals surface area contributed by atoms with Crippen LogP contribution in [-0.2, 0) is 26.0 Å². The van der Waals surface area contributed by atoms with Crippen molar-refractivity contribution >= 4 is 39.1 Å². The van der Waals surface area contributed by atoms with E-state index >= 15 is 0 Å². The van der Waals surface area contributed by atoms with Crippen molar-refractivity contribution in [2.45, 2.75) is 23.8 Å². The molecule has 2 amide bonds. The maximum Gasteiger partial charge on any atom is 0.252 e. The molecule has 4 rings (SSSR count). The monoisotopic (exact) mass is 486 g/mol. The van der Waals surface area contributed by atoms with E-state index in [-0.39, 0.29) is 24.3 Å². The van der Waals surface area contributed by atoms with Crippen LogP contribution in [-0.4, -0.2) is 37.1 Å². The van der Waals surface area contributed by atoms with E-state index in [1.807, 2.05) is 0 Å². The van der Waals surface area contributed by atoms with Crippen LogP contribution >= 0.6 is 11.6 Å².